The van der Waals surface area contributed by atoms with Crippen LogP contribution in [-0.4, -0.2) is 41.6 Å². The summed E-state index contributed by atoms with van der Waals surface area (Å²) in [7, 11) is 1.41. The summed E-state index contributed by atoms with van der Waals surface area (Å²) in [5.41, 5.74) is 5.81. The number of hydrogen-bond donors (Lipinski definition) is 1. The Hall–Kier alpha value is -2.57. The van der Waals surface area contributed by atoms with Crippen LogP contribution in [0.3, 0.4) is 0 Å². The van der Waals surface area contributed by atoms with Gasteiger partial charge in [0.2, 0.25) is 5.91 Å². The lowest BCUT2D eigenvalue weighted by Gasteiger charge is -2.13. The van der Waals surface area contributed by atoms with E-state index in [9.17, 15) is 19.2 Å². The van der Waals surface area contributed by atoms with Gasteiger partial charge in [-0.25, -0.2) is 4.79 Å². The van der Waals surface area contributed by atoms with E-state index in [2.05, 4.69) is 0 Å². The van der Waals surface area contributed by atoms with Gasteiger partial charge in [-0.1, -0.05) is 23.7 Å². The van der Waals surface area contributed by atoms with Crippen molar-refractivity contribution in [1.29, 1.82) is 0 Å². The number of primary amides is 1. The second-order valence-corrected chi connectivity index (χ2v) is 8.70. The van der Waals surface area contributed by atoms with Crippen LogP contribution >= 0.6 is 46.0 Å². The molecular formula is C20H14ClIN2O6S. The molecule has 1 fully saturated rings. The molecule has 8 nitrogen and oxygen atoms in total. The maximum absolute atomic E-state index is 12.5. The van der Waals surface area contributed by atoms with Crippen molar-refractivity contribution in [3.8, 4) is 11.5 Å². The zero-order chi connectivity index (χ0) is 22.7. The van der Waals surface area contributed by atoms with Gasteiger partial charge in [0.15, 0.2) is 11.5 Å². The van der Waals surface area contributed by atoms with E-state index < -0.39 is 29.6 Å². The molecule has 0 atom stereocenters. The van der Waals surface area contributed by atoms with Crippen LogP contribution in [0.5, 0.6) is 11.5 Å². The molecule has 2 aromatic rings. The van der Waals surface area contributed by atoms with E-state index in [1.54, 1.807) is 36.4 Å². The summed E-state index contributed by atoms with van der Waals surface area (Å²) in [6.45, 7) is -0.486. The molecule has 0 unspecified atom stereocenters. The molecule has 11 heteroatoms. The van der Waals surface area contributed by atoms with Gasteiger partial charge in [0.25, 0.3) is 11.1 Å². The molecule has 2 aromatic carbocycles. The monoisotopic (exact) mass is 572 g/mol. The fraction of sp³-hybridized carbons (Fsp3) is 0.100. The number of rotatable bonds is 6. The Kier molecular flexibility index (Phi) is 7.23. The molecule has 1 heterocycles. The second-order valence-electron chi connectivity index (χ2n) is 6.14. The highest BCUT2D eigenvalue weighted by molar-refractivity contribution is 14.1. The quantitative estimate of drug-likeness (QED) is 0.243. The van der Waals surface area contributed by atoms with Crippen molar-refractivity contribution in [3.63, 3.8) is 0 Å². The SMILES string of the molecule is COc1cc(/C=C2\SC(=O)N(CC(N)=O)C2=O)cc(I)c1OC(=O)c1ccccc1Cl. The largest absolute Gasteiger partial charge is 0.493 e. The summed E-state index contributed by atoms with van der Waals surface area (Å²) < 4.78 is 11.4. The van der Waals surface area contributed by atoms with Gasteiger partial charge in [0.1, 0.15) is 6.54 Å². The Morgan fingerprint density at radius 1 is 1.26 bits per heavy atom. The number of benzene rings is 2. The number of thioether (sulfide) groups is 1. The number of carbonyl (C=O) groups excluding carboxylic acids is 4. The van der Waals surface area contributed by atoms with E-state index in [0.717, 1.165) is 4.90 Å². The summed E-state index contributed by atoms with van der Waals surface area (Å²) in [6.07, 6.45) is 1.48. The smallest absolute Gasteiger partial charge is 0.345 e. The Morgan fingerprint density at radius 2 is 1.97 bits per heavy atom. The third-order valence-electron chi connectivity index (χ3n) is 4.03. The molecule has 0 aromatic heterocycles. The summed E-state index contributed by atoms with van der Waals surface area (Å²) in [6, 6.07) is 9.69. The van der Waals surface area contributed by atoms with Gasteiger partial charge < -0.3 is 15.2 Å². The van der Waals surface area contributed by atoms with E-state index in [0.29, 0.717) is 20.9 Å². The highest BCUT2D eigenvalue weighted by Gasteiger charge is 2.36. The lowest BCUT2D eigenvalue weighted by Crippen LogP contribution is -2.36. The number of nitrogens with zero attached hydrogens (tertiary/aromatic N) is 1. The lowest BCUT2D eigenvalue weighted by atomic mass is 10.1. The second kappa shape index (κ2) is 9.71. The summed E-state index contributed by atoms with van der Waals surface area (Å²) in [4.78, 5) is 48.9. The van der Waals surface area contributed by atoms with Crippen molar-refractivity contribution in [1.82, 2.24) is 4.90 Å². The van der Waals surface area contributed by atoms with Crippen LogP contribution in [0.2, 0.25) is 5.02 Å². The third-order valence-corrected chi connectivity index (χ3v) is 6.06. The van der Waals surface area contributed by atoms with E-state index in [1.165, 1.54) is 13.2 Å². The molecule has 3 amide bonds. The van der Waals surface area contributed by atoms with E-state index in [1.807, 2.05) is 22.6 Å². The standard InChI is InChI=1S/C20H14ClIN2O6S/c1-29-14-7-10(8-15-18(26)24(9-16(23)25)20(28)31-15)6-13(22)17(14)30-19(27)11-4-2-3-5-12(11)21/h2-8H,9H2,1H3,(H2,23,25)/b15-8-. The molecule has 0 radical (unpaired) electrons. The van der Waals surface area contributed by atoms with Gasteiger partial charge in [-0.3, -0.25) is 19.3 Å². The first-order valence-corrected chi connectivity index (χ1v) is 10.9. The van der Waals surface area contributed by atoms with Crippen molar-refractivity contribution in [3.05, 3.63) is 61.0 Å². The van der Waals surface area contributed by atoms with Gasteiger partial charge in [-0.05, 0) is 70.3 Å². The number of methoxy groups -OCH3 is 1. The van der Waals surface area contributed by atoms with Gasteiger partial charge in [-0.15, -0.1) is 0 Å². The summed E-state index contributed by atoms with van der Waals surface area (Å²) in [5, 5.41) is -0.327. The topological polar surface area (TPSA) is 116 Å². The zero-order valence-electron chi connectivity index (χ0n) is 15.9. The highest BCUT2D eigenvalue weighted by Crippen LogP contribution is 2.37. The lowest BCUT2D eigenvalue weighted by molar-refractivity contribution is -0.127. The average molecular weight is 573 g/mol. The van der Waals surface area contributed by atoms with Crippen LogP contribution in [0, 0.1) is 3.57 Å². The molecule has 0 saturated carbocycles. The molecular weight excluding hydrogens is 559 g/mol. The third kappa shape index (κ3) is 5.20. The first-order valence-electron chi connectivity index (χ1n) is 8.59. The van der Waals surface area contributed by atoms with Crippen LogP contribution in [0.25, 0.3) is 6.08 Å². The normalized spacial score (nSPS) is 14.8. The Morgan fingerprint density at radius 3 is 2.61 bits per heavy atom. The zero-order valence-corrected chi connectivity index (χ0v) is 19.6. The predicted octanol–water partition coefficient (Wildman–Crippen LogP) is 3.69. The number of imide groups is 1. The fourth-order valence-corrected chi connectivity index (χ4v) is 4.43. The number of halogens is 2. The van der Waals surface area contributed by atoms with Crippen LogP contribution in [0.4, 0.5) is 4.79 Å². The van der Waals surface area contributed by atoms with Gasteiger partial charge >= 0.3 is 5.97 Å². The molecule has 1 aliphatic heterocycles. The Labute approximate surface area is 199 Å². The minimum absolute atomic E-state index is 0.130. The molecule has 160 valence electrons. The number of esters is 1. The summed E-state index contributed by atoms with van der Waals surface area (Å²) in [5.74, 6) is -1.62. The van der Waals surface area contributed by atoms with Crippen molar-refractivity contribution < 1.29 is 28.7 Å². The van der Waals surface area contributed by atoms with Crippen LogP contribution in [-0.2, 0) is 9.59 Å². The van der Waals surface area contributed by atoms with E-state index in [-0.39, 0.29) is 27.0 Å². The first kappa shape index (κ1) is 23.1. The van der Waals surface area contributed by atoms with Crippen LogP contribution in [0.15, 0.2) is 41.3 Å². The minimum Gasteiger partial charge on any atom is -0.493 e. The fourth-order valence-electron chi connectivity index (χ4n) is 2.64. The van der Waals surface area contributed by atoms with Gasteiger partial charge in [0.05, 0.1) is 26.2 Å². The molecule has 2 N–H and O–H groups in total. The molecule has 0 aliphatic carbocycles. The van der Waals surface area contributed by atoms with Crippen molar-refractivity contribution in [2.45, 2.75) is 0 Å². The van der Waals surface area contributed by atoms with Crippen molar-refractivity contribution in [2.75, 3.05) is 13.7 Å². The maximum atomic E-state index is 12.5. The molecule has 0 spiro atoms. The molecule has 1 saturated heterocycles. The maximum Gasteiger partial charge on any atom is 0.345 e. The minimum atomic E-state index is -0.788. The van der Waals surface area contributed by atoms with Gasteiger partial charge in [0, 0.05) is 0 Å². The number of amides is 3. The number of carbonyl (C=O) groups is 4. The van der Waals surface area contributed by atoms with E-state index >= 15 is 0 Å². The first-order chi connectivity index (χ1) is 14.7. The highest BCUT2D eigenvalue weighted by atomic mass is 127. The number of nitrogens with two attached hydrogens (primary N) is 1. The Bertz CT molecular complexity index is 1140. The van der Waals surface area contributed by atoms with Gasteiger partial charge in [-0.2, -0.15) is 0 Å². The average Bonchev–Trinajstić information content (AvgIpc) is 2.96. The van der Waals surface area contributed by atoms with Crippen molar-refractivity contribution in [2.24, 2.45) is 5.73 Å². The molecule has 31 heavy (non-hydrogen) atoms. The van der Waals surface area contributed by atoms with Crippen molar-refractivity contribution >= 4 is 75.1 Å². The molecule has 3 rings (SSSR count). The number of ether oxygens (including phenoxy) is 2. The number of hydrogen-bond acceptors (Lipinski definition) is 7. The summed E-state index contributed by atoms with van der Waals surface area (Å²) >= 11 is 8.71. The predicted molar refractivity (Wildman–Crippen MR) is 124 cm³/mol. The van der Waals surface area contributed by atoms with Crippen LogP contribution in [0.1, 0.15) is 15.9 Å². The molecule has 1 aliphatic rings. The Balaban J connectivity index is 1.89. The molecule has 0 bridgehead atoms. The van der Waals surface area contributed by atoms with E-state index in [4.69, 9.17) is 26.8 Å². The van der Waals surface area contributed by atoms with Crippen LogP contribution < -0.4 is 15.2 Å².